The fraction of sp³-hybridized carbons (Fsp3) is 0.467. The standard InChI is InChI=1S/C15H16F3N3S/c1-9(2)5-11-8-22-14(20-11)21-13-4-3-10(7-19)6-12(13)15(16,17)18/h3-4,6,9,11H,5,8H2,1-2H3,(H,20,21)/t11-/m0/s1. The van der Waals surface area contributed by atoms with E-state index in [-0.39, 0.29) is 17.3 Å². The van der Waals surface area contributed by atoms with Gasteiger partial charge in [-0.25, -0.2) is 0 Å². The van der Waals surface area contributed by atoms with Crippen LogP contribution in [0.25, 0.3) is 0 Å². The maximum absolute atomic E-state index is 13.1. The van der Waals surface area contributed by atoms with Gasteiger partial charge in [0.25, 0.3) is 0 Å². The van der Waals surface area contributed by atoms with Gasteiger partial charge in [0.1, 0.15) is 0 Å². The van der Waals surface area contributed by atoms with Gasteiger partial charge < -0.3 is 5.32 Å². The topological polar surface area (TPSA) is 48.2 Å². The highest BCUT2D eigenvalue weighted by atomic mass is 32.2. The third-order valence-electron chi connectivity index (χ3n) is 3.15. The van der Waals surface area contributed by atoms with Crippen molar-refractivity contribution in [3.8, 4) is 6.07 Å². The number of nitrogens with one attached hydrogen (secondary N) is 1. The number of aliphatic imine (C=N–C) groups is 1. The van der Waals surface area contributed by atoms with Crippen LogP contribution in [-0.2, 0) is 6.18 Å². The first-order chi connectivity index (χ1) is 10.3. The Kier molecular flexibility index (Phi) is 5.01. The Balaban J connectivity index is 2.22. The molecule has 0 fully saturated rings. The maximum atomic E-state index is 13.1. The highest BCUT2D eigenvalue weighted by molar-refractivity contribution is 8.14. The number of nitriles is 1. The predicted molar refractivity (Wildman–Crippen MR) is 82.9 cm³/mol. The SMILES string of the molecule is CC(C)C[C@H]1CSC(Nc2ccc(C#N)cc2C(F)(F)F)=N1. The average Bonchev–Trinajstić information content (AvgIpc) is 2.84. The Morgan fingerprint density at radius 2 is 2.18 bits per heavy atom. The normalized spacial score (nSPS) is 18.2. The monoisotopic (exact) mass is 327 g/mol. The quantitative estimate of drug-likeness (QED) is 0.889. The minimum absolute atomic E-state index is 0.0171. The molecule has 1 N–H and O–H groups in total. The third kappa shape index (κ3) is 4.17. The van der Waals surface area contributed by atoms with Crippen molar-refractivity contribution in [2.45, 2.75) is 32.5 Å². The molecule has 0 saturated heterocycles. The van der Waals surface area contributed by atoms with Gasteiger partial charge in [0.2, 0.25) is 0 Å². The van der Waals surface area contributed by atoms with Crippen LogP contribution in [0.1, 0.15) is 31.4 Å². The largest absolute Gasteiger partial charge is 0.418 e. The molecule has 1 aromatic carbocycles. The van der Waals surface area contributed by atoms with Gasteiger partial charge in [-0.15, -0.1) is 0 Å². The first-order valence-electron chi connectivity index (χ1n) is 6.88. The Labute approximate surface area is 131 Å². The van der Waals surface area contributed by atoms with E-state index >= 15 is 0 Å². The summed E-state index contributed by atoms with van der Waals surface area (Å²) in [6, 6.07) is 5.36. The lowest BCUT2D eigenvalue weighted by atomic mass is 10.1. The van der Waals surface area contributed by atoms with E-state index in [1.54, 1.807) is 6.07 Å². The van der Waals surface area contributed by atoms with Crippen molar-refractivity contribution in [2.75, 3.05) is 11.1 Å². The minimum Gasteiger partial charge on any atom is -0.334 e. The Bertz CT molecular complexity index is 617. The summed E-state index contributed by atoms with van der Waals surface area (Å²) in [6.07, 6.45) is -3.60. The van der Waals surface area contributed by atoms with Gasteiger partial charge >= 0.3 is 6.18 Å². The second-order valence-electron chi connectivity index (χ2n) is 5.52. The third-order valence-corrected chi connectivity index (χ3v) is 4.18. The summed E-state index contributed by atoms with van der Waals surface area (Å²) in [5.41, 5.74) is -0.929. The predicted octanol–water partition coefficient (Wildman–Crippen LogP) is 4.51. The van der Waals surface area contributed by atoms with Crippen molar-refractivity contribution in [1.29, 1.82) is 5.26 Å². The number of hydrogen-bond acceptors (Lipinski definition) is 4. The van der Waals surface area contributed by atoms with E-state index in [1.807, 2.05) is 0 Å². The van der Waals surface area contributed by atoms with Gasteiger partial charge in [0.15, 0.2) is 5.17 Å². The molecule has 0 aromatic heterocycles. The van der Waals surface area contributed by atoms with Crippen molar-refractivity contribution in [3.05, 3.63) is 29.3 Å². The zero-order valence-corrected chi connectivity index (χ0v) is 13.1. The number of benzene rings is 1. The van der Waals surface area contributed by atoms with Crippen LogP contribution in [0.15, 0.2) is 23.2 Å². The Morgan fingerprint density at radius 1 is 1.45 bits per heavy atom. The molecule has 118 valence electrons. The van der Waals surface area contributed by atoms with Gasteiger partial charge in [-0.3, -0.25) is 4.99 Å². The van der Waals surface area contributed by atoms with Crippen LogP contribution < -0.4 is 5.32 Å². The number of amidine groups is 1. The highest BCUT2D eigenvalue weighted by Gasteiger charge is 2.34. The van der Waals surface area contributed by atoms with E-state index in [0.717, 1.165) is 18.2 Å². The summed E-state index contributed by atoms with van der Waals surface area (Å²) in [4.78, 5) is 4.43. The van der Waals surface area contributed by atoms with Crippen molar-refractivity contribution in [2.24, 2.45) is 10.9 Å². The molecule has 3 nitrogen and oxygen atoms in total. The smallest absolute Gasteiger partial charge is 0.334 e. The van der Waals surface area contributed by atoms with Crippen molar-refractivity contribution in [1.82, 2.24) is 0 Å². The molecule has 0 spiro atoms. The number of thioether (sulfide) groups is 1. The van der Waals surface area contributed by atoms with Crippen LogP contribution in [-0.4, -0.2) is 17.0 Å². The van der Waals surface area contributed by atoms with Gasteiger partial charge in [0.05, 0.1) is 28.9 Å². The van der Waals surface area contributed by atoms with Gasteiger partial charge in [-0.05, 0) is 30.5 Å². The van der Waals surface area contributed by atoms with Crippen LogP contribution in [0, 0.1) is 17.2 Å². The van der Waals surface area contributed by atoms with E-state index in [9.17, 15) is 13.2 Å². The van der Waals surface area contributed by atoms with Crippen molar-refractivity contribution in [3.63, 3.8) is 0 Å². The van der Waals surface area contributed by atoms with Crippen LogP contribution in [0.2, 0.25) is 0 Å². The molecule has 1 aliphatic heterocycles. The second kappa shape index (κ2) is 6.61. The van der Waals surface area contributed by atoms with Crippen molar-refractivity contribution < 1.29 is 13.2 Å². The van der Waals surface area contributed by atoms with Crippen LogP contribution in [0.3, 0.4) is 0 Å². The summed E-state index contributed by atoms with van der Waals surface area (Å²) < 4.78 is 39.3. The molecule has 0 aliphatic carbocycles. The molecule has 0 radical (unpaired) electrons. The number of rotatable bonds is 3. The lowest BCUT2D eigenvalue weighted by molar-refractivity contribution is -0.136. The Morgan fingerprint density at radius 3 is 2.77 bits per heavy atom. The van der Waals surface area contributed by atoms with Gasteiger partial charge in [-0.1, -0.05) is 25.6 Å². The fourth-order valence-corrected chi connectivity index (χ4v) is 3.19. The van der Waals surface area contributed by atoms with Crippen molar-refractivity contribution >= 4 is 22.6 Å². The van der Waals surface area contributed by atoms with Crippen LogP contribution in [0.4, 0.5) is 18.9 Å². The molecule has 0 saturated carbocycles. The molecule has 7 heteroatoms. The van der Waals surface area contributed by atoms with E-state index < -0.39 is 11.7 Å². The molecule has 0 bridgehead atoms. The van der Waals surface area contributed by atoms with E-state index in [2.05, 4.69) is 24.2 Å². The maximum Gasteiger partial charge on any atom is 0.418 e. The lowest BCUT2D eigenvalue weighted by Crippen LogP contribution is -2.14. The van der Waals surface area contributed by atoms with Crippen LogP contribution in [0.5, 0.6) is 0 Å². The van der Waals surface area contributed by atoms with Crippen LogP contribution >= 0.6 is 11.8 Å². The minimum atomic E-state index is -4.52. The molecular weight excluding hydrogens is 311 g/mol. The molecule has 1 aromatic rings. The molecule has 0 amide bonds. The van der Waals surface area contributed by atoms with Gasteiger partial charge in [0, 0.05) is 5.75 Å². The molecule has 1 heterocycles. The summed E-state index contributed by atoms with van der Waals surface area (Å²) in [7, 11) is 0. The number of alkyl halides is 3. The number of anilines is 1. The molecule has 1 aliphatic rings. The summed E-state index contributed by atoms with van der Waals surface area (Å²) in [6.45, 7) is 4.18. The van der Waals surface area contributed by atoms with E-state index in [0.29, 0.717) is 11.1 Å². The zero-order chi connectivity index (χ0) is 16.3. The highest BCUT2D eigenvalue weighted by Crippen LogP contribution is 2.36. The summed E-state index contributed by atoms with van der Waals surface area (Å²) >= 11 is 1.42. The second-order valence-corrected chi connectivity index (χ2v) is 6.53. The number of halogens is 3. The molecular formula is C15H16F3N3S. The fourth-order valence-electron chi connectivity index (χ4n) is 2.22. The van der Waals surface area contributed by atoms with E-state index in [1.165, 1.54) is 23.9 Å². The zero-order valence-electron chi connectivity index (χ0n) is 12.2. The number of hydrogen-bond donors (Lipinski definition) is 1. The first-order valence-corrected chi connectivity index (χ1v) is 7.87. The van der Waals surface area contributed by atoms with E-state index in [4.69, 9.17) is 5.26 Å². The molecule has 0 unspecified atom stereocenters. The molecule has 22 heavy (non-hydrogen) atoms. The average molecular weight is 327 g/mol. The summed E-state index contributed by atoms with van der Waals surface area (Å²) in [5.74, 6) is 1.27. The lowest BCUT2D eigenvalue weighted by Gasteiger charge is -2.14. The molecule has 1 atom stereocenters. The molecule has 2 rings (SSSR count). The van der Waals surface area contributed by atoms with Gasteiger partial charge in [-0.2, -0.15) is 18.4 Å². The summed E-state index contributed by atoms with van der Waals surface area (Å²) in [5, 5.41) is 12.0. The first kappa shape index (κ1) is 16.7. The Hall–Kier alpha value is -1.68. The number of nitrogens with zero attached hydrogens (tertiary/aromatic N) is 2.